The predicted molar refractivity (Wildman–Crippen MR) is 101 cm³/mol. The molecule has 2 heterocycles. The maximum absolute atomic E-state index is 12.4. The zero-order valence-corrected chi connectivity index (χ0v) is 15.5. The summed E-state index contributed by atoms with van der Waals surface area (Å²) in [5, 5.41) is 6.30. The van der Waals surface area contributed by atoms with E-state index >= 15 is 0 Å². The van der Waals surface area contributed by atoms with Crippen molar-refractivity contribution in [1.82, 2.24) is 5.32 Å². The summed E-state index contributed by atoms with van der Waals surface area (Å²) >= 11 is 0. The van der Waals surface area contributed by atoms with Gasteiger partial charge < -0.3 is 10.6 Å². The van der Waals surface area contributed by atoms with E-state index in [-0.39, 0.29) is 30.6 Å². The SMILES string of the molecule is Cc1cc(NC(=O)CC(C)C2CCNCC2)ccc1N1C(=O)CCC1=O. The summed E-state index contributed by atoms with van der Waals surface area (Å²) in [6.45, 7) is 6.06. The Balaban J connectivity index is 1.61. The first-order chi connectivity index (χ1) is 12.5. The maximum Gasteiger partial charge on any atom is 0.234 e. The summed E-state index contributed by atoms with van der Waals surface area (Å²) < 4.78 is 0. The number of rotatable bonds is 5. The quantitative estimate of drug-likeness (QED) is 0.794. The Morgan fingerprint density at radius 1 is 1.23 bits per heavy atom. The molecule has 0 radical (unpaired) electrons. The van der Waals surface area contributed by atoms with Crippen molar-refractivity contribution < 1.29 is 14.4 Å². The normalized spacial score (nSPS) is 19.7. The van der Waals surface area contributed by atoms with Crippen molar-refractivity contribution in [3.63, 3.8) is 0 Å². The molecule has 3 rings (SSSR count). The molecule has 0 aliphatic carbocycles. The molecule has 1 atom stereocenters. The van der Waals surface area contributed by atoms with Gasteiger partial charge in [-0.05, 0) is 68.5 Å². The predicted octanol–water partition coefficient (Wildman–Crippen LogP) is 2.61. The second kappa shape index (κ2) is 7.99. The van der Waals surface area contributed by atoms with Crippen LogP contribution in [-0.4, -0.2) is 30.8 Å². The van der Waals surface area contributed by atoms with E-state index in [0.29, 0.717) is 29.6 Å². The van der Waals surface area contributed by atoms with Crippen LogP contribution in [0.4, 0.5) is 11.4 Å². The smallest absolute Gasteiger partial charge is 0.234 e. The molecule has 26 heavy (non-hydrogen) atoms. The third kappa shape index (κ3) is 4.12. The molecule has 140 valence electrons. The van der Waals surface area contributed by atoms with E-state index in [1.165, 1.54) is 4.90 Å². The molecule has 2 aliphatic rings. The lowest BCUT2D eigenvalue weighted by Gasteiger charge is -2.27. The zero-order chi connectivity index (χ0) is 18.7. The fourth-order valence-electron chi connectivity index (χ4n) is 3.91. The Morgan fingerprint density at radius 2 is 1.88 bits per heavy atom. The Hall–Kier alpha value is -2.21. The minimum absolute atomic E-state index is 0.0107. The number of carbonyl (C=O) groups excluding carboxylic acids is 3. The highest BCUT2D eigenvalue weighted by Crippen LogP contribution is 2.29. The molecule has 0 bridgehead atoms. The zero-order valence-electron chi connectivity index (χ0n) is 15.5. The summed E-state index contributed by atoms with van der Waals surface area (Å²) in [5.41, 5.74) is 2.12. The number of benzene rings is 1. The highest BCUT2D eigenvalue weighted by atomic mass is 16.2. The van der Waals surface area contributed by atoms with Crippen molar-refractivity contribution in [2.24, 2.45) is 11.8 Å². The van der Waals surface area contributed by atoms with Crippen LogP contribution in [0, 0.1) is 18.8 Å². The monoisotopic (exact) mass is 357 g/mol. The van der Waals surface area contributed by atoms with Crippen LogP contribution >= 0.6 is 0 Å². The molecule has 6 heteroatoms. The molecule has 3 amide bonds. The Labute approximate surface area is 154 Å². The van der Waals surface area contributed by atoms with Gasteiger partial charge in [-0.25, -0.2) is 0 Å². The van der Waals surface area contributed by atoms with Gasteiger partial charge in [0.15, 0.2) is 0 Å². The molecule has 2 N–H and O–H groups in total. The highest BCUT2D eigenvalue weighted by molar-refractivity contribution is 6.20. The van der Waals surface area contributed by atoms with E-state index in [9.17, 15) is 14.4 Å². The fraction of sp³-hybridized carbons (Fsp3) is 0.550. The molecule has 2 aliphatic heterocycles. The van der Waals surface area contributed by atoms with Crippen molar-refractivity contribution in [3.05, 3.63) is 23.8 Å². The van der Waals surface area contributed by atoms with E-state index < -0.39 is 0 Å². The summed E-state index contributed by atoms with van der Waals surface area (Å²) in [6, 6.07) is 5.32. The van der Waals surface area contributed by atoms with Gasteiger partial charge in [-0.15, -0.1) is 0 Å². The molecule has 0 spiro atoms. The molecular formula is C20H27N3O3. The lowest BCUT2D eigenvalue weighted by Crippen LogP contribution is -2.32. The standard InChI is InChI=1S/C20H27N3O3/c1-13(15-7-9-21-10-8-15)12-18(24)22-16-3-4-17(14(2)11-16)23-19(25)5-6-20(23)26/h3-4,11,13,15,21H,5-10,12H2,1-2H3,(H,22,24). The number of hydrogen-bond donors (Lipinski definition) is 2. The fourth-order valence-corrected chi connectivity index (χ4v) is 3.91. The van der Waals surface area contributed by atoms with E-state index in [0.717, 1.165) is 31.5 Å². The molecule has 6 nitrogen and oxygen atoms in total. The van der Waals surface area contributed by atoms with Crippen LogP contribution in [0.25, 0.3) is 0 Å². The van der Waals surface area contributed by atoms with Gasteiger partial charge in [0, 0.05) is 24.9 Å². The van der Waals surface area contributed by atoms with Crippen molar-refractivity contribution in [2.45, 2.75) is 46.0 Å². The summed E-state index contributed by atoms with van der Waals surface area (Å²) in [4.78, 5) is 37.4. The van der Waals surface area contributed by atoms with Crippen LogP contribution in [0.3, 0.4) is 0 Å². The van der Waals surface area contributed by atoms with Gasteiger partial charge in [0.25, 0.3) is 0 Å². The number of carbonyl (C=O) groups is 3. The van der Waals surface area contributed by atoms with Crippen LogP contribution in [0.2, 0.25) is 0 Å². The van der Waals surface area contributed by atoms with Gasteiger partial charge in [0.05, 0.1) is 5.69 Å². The highest BCUT2D eigenvalue weighted by Gasteiger charge is 2.31. The molecule has 2 saturated heterocycles. The van der Waals surface area contributed by atoms with Gasteiger partial charge in [0.1, 0.15) is 0 Å². The first-order valence-corrected chi connectivity index (χ1v) is 9.42. The third-order valence-electron chi connectivity index (χ3n) is 5.47. The first-order valence-electron chi connectivity index (χ1n) is 9.42. The number of nitrogens with one attached hydrogen (secondary N) is 2. The van der Waals surface area contributed by atoms with E-state index in [1.807, 2.05) is 13.0 Å². The molecule has 0 aromatic heterocycles. The molecule has 1 aromatic rings. The third-order valence-corrected chi connectivity index (χ3v) is 5.47. The maximum atomic E-state index is 12.4. The summed E-state index contributed by atoms with van der Waals surface area (Å²) in [6.07, 6.45) is 3.30. The minimum atomic E-state index is -0.161. The Kier molecular flexibility index (Phi) is 5.71. The van der Waals surface area contributed by atoms with Gasteiger partial charge in [-0.3, -0.25) is 19.3 Å². The van der Waals surface area contributed by atoms with E-state index in [4.69, 9.17) is 0 Å². The van der Waals surface area contributed by atoms with Crippen molar-refractivity contribution >= 4 is 29.1 Å². The van der Waals surface area contributed by atoms with Crippen molar-refractivity contribution in [2.75, 3.05) is 23.3 Å². The van der Waals surface area contributed by atoms with Gasteiger partial charge in [-0.2, -0.15) is 0 Å². The summed E-state index contributed by atoms with van der Waals surface area (Å²) in [7, 11) is 0. The number of aryl methyl sites for hydroxylation is 1. The molecule has 2 fully saturated rings. The number of anilines is 2. The molecule has 0 saturated carbocycles. The lowest BCUT2D eigenvalue weighted by molar-refractivity contribution is -0.121. The first kappa shape index (κ1) is 18.6. The van der Waals surface area contributed by atoms with Crippen LogP contribution in [0.5, 0.6) is 0 Å². The van der Waals surface area contributed by atoms with Crippen molar-refractivity contribution in [3.8, 4) is 0 Å². The topological polar surface area (TPSA) is 78.5 Å². The van der Waals surface area contributed by atoms with Crippen molar-refractivity contribution in [1.29, 1.82) is 0 Å². The van der Waals surface area contributed by atoms with E-state index in [1.54, 1.807) is 12.1 Å². The number of piperidine rings is 1. The molecule has 1 aromatic carbocycles. The minimum Gasteiger partial charge on any atom is -0.326 e. The summed E-state index contributed by atoms with van der Waals surface area (Å²) in [5.74, 6) is 0.642. The molecule has 1 unspecified atom stereocenters. The van der Waals surface area contributed by atoms with Crippen LogP contribution in [-0.2, 0) is 14.4 Å². The lowest BCUT2D eigenvalue weighted by atomic mass is 9.84. The Morgan fingerprint density at radius 3 is 2.50 bits per heavy atom. The second-order valence-corrected chi connectivity index (χ2v) is 7.44. The van der Waals surface area contributed by atoms with Gasteiger partial charge >= 0.3 is 0 Å². The largest absolute Gasteiger partial charge is 0.326 e. The van der Waals surface area contributed by atoms with Gasteiger partial charge in [-0.1, -0.05) is 6.92 Å². The average molecular weight is 357 g/mol. The Bertz CT molecular complexity index is 694. The average Bonchev–Trinajstić information content (AvgIpc) is 2.94. The molecular weight excluding hydrogens is 330 g/mol. The van der Waals surface area contributed by atoms with Crippen LogP contribution in [0.1, 0.15) is 44.6 Å². The second-order valence-electron chi connectivity index (χ2n) is 7.44. The van der Waals surface area contributed by atoms with Crippen LogP contribution < -0.4 is 15.5 Å². The van der Waals surface area contributed by atoms with Crippen LogP contribution in [0.15, 0.2) is 18.2 Å². The number of amides is 3. The number of hydrogen-bond acceptors (Lipinski definition) is 4. The number of imide groups is 1. The number of nitrogens with zero attached hydrogens (tertiary/aromatic N) is 1. The van der Waals surface area contributed by atoms with E-state index in [2.05, 4.69) is 17.6 Å². The van der Waals surface area contributed by atoms with Gasteiger partial charge in [0.2, 0.25) is 17.7 Å².